The molecule has 0 bridgehead atoms. The van der Waals surface area contributed by atoms with Gasteiger partial charge in [0.15, 0.2) is 6.10 Å². The Labute approximate surface area is 131 Å². The molecule has 118 valence electrons. The van der Waals surface area contributed by atoms with E-state index in [0.717, 1.165) is 51.1 Å². The first-order chi connectivity index (χ1) is 10.8. The number of hydrogen-bond donors (Lipinski definition) is 1. The van der Waals surface area contributed by atoms with Gasteiger partial charge in [0.1, 0.15) is 5.75 Å². The fraction of sp³-hybridized carbons (Fsp3) is 0.611. The fourth-order valence-corrected chi connectivity index (χ4v) is 4.07. The Bertz CT molecular complexity index is 565. The molecule has 1 spiro atoms. The Morgan fingerprint density at radius 2 is 1.95 bits per heavy atom. The van der Waals surface area contributed by atoms with Crippen LogP contribution in [0.3, 0.4) is 0 Å². The van der Waals surface area contributed by atoms with Crippen LogP contribution in [0.5, 0.6) is 5.75 Å². The summed E-state index contributed by atoms with van der Waals surface area (Å²) in [5.74, 6) is 0.924. The maximum Gasteiger partial charge on any atom is 0.261 e. The summed E-state index contributed by atoms with van der Waals surface area (Å²) in [4.78, 5) is 12.6. The molecular weight excluding hydrogens is 278 g/mol. The van der Waals surface area contributed by atoms with Gasteiger partial charge in [0.05, 0.1) is 0 Å². The van der Waals surface area contributed by atoms with Crippen molar-refractivity contribution in [2.45, 2.75) is 50.7 Å². The van der Waals surface area contributed by atoms with Crippen LogP contribution in [0.1, 0.15) is 37.7 Å². The van der Waals surface area contributed by atoms with Gasteiger partial charge in [0.2, 0.25) is 0 Å². The highest BCUT2D eigenvalue weighted by atomic mass is 16.5. The minimum absolute atomic E-state index is 0.0602. The van der Waals surface area contributed by atoms with E-state index in [-0.39, 0.29) is 12.0 Å². The summed E-state index contributed by atoms with van der Waals surface area (Å²) in [6.07, 6.45) is 5.81. The van der Waals surface area contributed by atoms with E-state index >= 15 is 0 Å². The van der Waals surface area contributed by atoms with Crippen molar-refractivity contribution in [1.29, 1.82) is 0 Å². The van der Waals surface area contributed by atoms with Gasteiger partial charge in [-0.3, -0.25) is 4.79 Å². The average molecular weight is 301 g/mol. The molecule has 1 aromatic rings. The van der Waals surface area contributed by atoms with Gasteiger partial charge in [-0.25, -0.2) is 0 Å². The van der Waals surface area contributed by atoms with Gasteiger partial charge in [-0.1, -0.05) is 18.2 Å². The number of amides is 1. The van der Waals surface area contributed by atoms with Crippen molar-refractivity contribution in [3.63, 3.8) is 0 Å². The van der Waals surface area contributed by atoms with E-state index in [0.29, 0.717) is 11.5 Å². The molecule has 1 aliphatic carbocycles. The van der Waals surface area contributed by atoms with Crippen LogP contribution in [-0.2, 0) is 16.0 Å². The summed E-state index contributed by atoms with van der Waals surface area (Å²) in [5.41, 5.74) is 1.50. The average Bonchev–Trinajstić information content (AvgIpc) is 2.59. The molecular formula is C18H23NO3. The van der Waals surface area contributed by atoms with Crippen molar-refractivity contribution < 1.29 is 14.3 Å². The number of benzene rings is 1. The van der Waals surface area contributed by atoms with E-state index in [9.17, 15) is 4.79 Å². The Balaban J connectivity index is 1.39. The van der Waals surface area contributed by atoms with Crippen molar-refractivity contribution in [3.8, 4) is 5.75 Å². The Morgan fingerprint density at radius 3 is 2.73 bits per heavy atom. The standard InChI is InChI=1S/C18H23NO3/c20-17(15-6-5-13-3-1-2-4-14(13)22-15)19-16-7-8-18(16)9-11-21-12-10-18/h1-4,15-16H,5-12H2,(H,19,20). The van der Waals surface area contributed by atoms with Crippen LogP contribution in [0.15, 0.2) is 24.3 Å². The van der Waals surface area contributed by atoms with Crippen LogP contribution in [0.25, 0.3) is 0 Å². The summed E-state index contributed by atoms with van der Waals surface area (Å²) < 4.78 is 11.4. The molecule has 1 N–H and O–H groups in total. The van der Waals surface area contributed by atoms with Gasteiger partial charge in [0.25, 0.3) is 5.91 Å². The lowest BCUT2D eigenvalue weighted by Gasteiger charge is -2.52. The summed E-state index contributed by atoms with van der Waals surface area (Å²) in [7, 11) is 0. The first-order valence-corrected chi connectivity index (χ1v) is 8.40. The zero-order valence-electron chi connectivity index (χ0n) is 12.8. The molecule has 2 heterocycles. The Hall–Kier alpha value is -1.55. The number of carbonyl (C=O) groups is 1. The van der Waals surface area contributed by atoms with Gasteiger partial charge in [-0.15, -0.1) is 0 Å². The van der Waals surface area contributed by atoms with Crippen molar-refractivity contribution in [2.24, 2.45) is 5.41 Å². The van der Waals surface area contributed by atoms with Crippen LogP contribution in [0.2, 0.25) is 0 Å². The van der Waals surface area contributed by atoms with Gasteiger partial charge >= 0.3 is 0 Å². The quantitative estimate of drug-likeness (QED) is 0.913. The highest BCUT2D eigenvalue weighted by Crippen LogP contribution is 2.48. The van der Waals surface area contributed by atoms with Gasteiger partial charge < -0.3 is 14.8 Å². The minimum atomic E-state index is -0.340. The molecule has 4 rings (SSSR count). The highest BCUT2D eigenvalue weighted by Gasteiger charge is 2.48. The predicted octanol–water partition coefficient (Wildman–Crippen LogP) is 2.46. The van der Waals surface area contributed by atoms with E-state index in [1.54, 1.807) is 0 Å². The molecule has 2 fully saturated rings. The van der Waals surface area contributed by atoms with Crippen LogP contribution in [-0.4, -0.2) is 31.3 Å². The van der Waals surface area contributed by atoms with Crippen molar-refractivity contribution in [2.75, 3.05) is 13.2 Å². The molecule has 2 unspecified atom stereocenters. The highest BCUT2D eigenvalue weighted by molar-refractivity contribution is 5.82. The van der Waals surface area contributed by atoms with Crippen LogP contribution >= 0.6 is 0 Å². The number of ether oxygens (including phenoxy) is 2. The van der Waals surface area contributed by atoms with Gasteiger partial charge in [-0.2, -0.15) is 0 Å². The van der Waals surface area contributed by atoms with Crippen LogP contribution in [0, 0.1) is 5.41 Å². The third-order valence-corrected chi connectivity index (χ3v) is 5.69. The number of hydrogen-bond acceptors (Lipinski definition) is 3. The smallest absolute Gasteiger partial charge is 0.261 e. The normalized spacial score (nSPS) is 29.1. The maximum absolute atomic E-state index is 12.6. The van der Waals surface area contributed by atoms with Crippen molar-refractivity contribution >= 4 is 5.91 Å². The van der Waals surface area contributed by atoms with Gasteiger partial charge in [-0.05, 0) is 55.6 Å². The van der Waals surface area contributed by atoms with E-state index in [1.807, 2.05) is 18.2 Å². The number of carbonyl (C=O) groups excluding carboxylic acids is 1. The molecule has 4 nitrogen and oxygen atoms in total. The molecule has 4 heteroatoms. The second kappa shape index (κ2) is 5.58. The van der Waals surface area contributed by atoms with E-state index in [2.05, 4.69) is 11.4 Å². The molecule has 0 aromatic heterocycles. The predicted molar refractivity (Wildman–Crippen MR) is 82.8 cm³/mol. The number of fused-ring (bicyclic) bond motifs is 1. The topological polar surface area (TPSA) is 47.6 Å². The zero-order valence-corrected chi connectivity index (χ0v) is 12.8. The Kier molecular flexibility index (Phi) is 3.57. The lowest BCUT2D eigenvalue weighted by atomic mass is 9.60. The lowest BCUT2D eigenvalue weighted by Crippen LogP contribution is -2.59. The molecule has 1 saturated carbocycles. The summed E-state index contributed by atoms with van der Waals surface area (Å²) in [6.45, 7) is 1.67. The Morgan fingerprint density at radius 1 is 1.14 bits per heavy atom. The molecule has 1 saturated heterocycles. The SMILES string of the molecule is O=C(NC1CCC12CCOCC2)C1CCc2ccccc2O1. The monoisotopic (exact) mass is 301 g/mol. The zero-order chi connectivity index (χ0) is 15.0. The third kappa shape index (κ3) is 2.39. The van der Waals surface area contributed by atoms with E-state index < -0.39 is 0 Å². The number of para-hydroxylation sites is 1. The summed E-state index contributed by atoms with van der Waals surface area (Å²) in [5, 5.41) is 3.26. The molecule has 1 aromatic carbocycles. The summed E-state index contributed by atoms with van der Waals surface area (Å²) >= 11 is 0. The number of aryl methyl sites for hydroxylation is 1. The van der Waals surface area contributed by atoms with Crippen molar-refractivity contribution in [3.05, 3.63) is 29.8 Å². The largest absolute Gasteiger partial charge is 0.480 e. The van der Waals surface area contributed by atoms with Crippen LogP contribution in [0.4, 0.5) is 0 Å². The first kappa shape index (κ1) is 14.1. The van der Waals surface area contributed by atoms with E-state index in [1.165, 1.54) is 12.0 Å². The second-order valence-corrected chi connectivity index (χ2v) is 6.83. The lowest BCUT2D eigenvalue weighted by molar-refractivity contribution is -0.134. The molecule has 3 aliphatic rings. The molecule has 0 radical (unpaired) electrons. The number of rotatable bonds is 2. The molecule has 22 heavy (non-hydrogen) atoms. The number of nitrogens with one attached hydrogen (secondary N) is 1. The molecule has 2 aliphatic heterocycles. The second-order valence-electron chi connectivity index (χ2n) is 6.83. The minimum Gasteiger partial charge on any atom is -0.480 e. The molecule has 1 amide bonds. The first-order valence-electron chi connectivity index (χ1n) is 8.40. The van der Waals surface area contributed by atoms with Crippen LogP contribution < -0.4 is 10.1 Å². The van der Waals surface area contributed by atoms with E-state index in [4.69, 9.17) is 9.47 Å². The van der Waals surface area contributed by atoms with Gasteiger partial charge in [0, 0.05) is 19.3 Å². The van der Waals surface area contributed by atoms with Crippen molar-refractivity contribution in [1.82, 2.24) is 5.32 Å². The third-order valence-electron chi connectivity index (χ3n) is 5.69. The maximum atomic E-state index is 12.6. The summed E-state index contributed by atoms with van der Waals surface area (Å²) in [6, 6.07) is 8.32. The molecule has 2 atom stereocenters. The fourth-order valence-electron chi connectivity index (χ4n) is 4.07.